The van der Waals surface area contributed by atoms with E-state index in [2.05, 4.69) is 35.0 Å². The van der Waals surface area contributed by atoms with Crippen LogP contribution in [0.5, 0.6) is 0 Å². The standard InChI is InChI=1S/C14H25N3O/c1-3-11-18-13-5-6-15-14(12-13)17-9-7-16(4-2)8-10-17/h5-6,12,14-15H,3-4,7-11H2,1-2H3. The van der Waals surface area contributed by atoms with Crippen LogP contribution in [0.4, 0.5) is 0 Å². The van der Waals surface area contributed by atoms with Gasteiger partial charge in [-0.1, -0.05) is 13.8 Å². The number of allylic oxidation sites excluding steroid dienone is 1. The number of hydrogen-bond acceptors (Lipinski definition) is 4. The summed E-state index contributed by atoms with van der Waals surface area (Å²) in [6.45, 7) is 10.9. The van der Waals surface area contributed by atoms with E-state index in [9.17, 15) is 0 Å². The van der Waals surface area contributed by atoms with Gasteiger partial charge in [0.2, 0.25) is 0 Å². The zero-order valence-electron chi connectivity index (χ0n) is 11.6. The van der Waals surface area contributed by atoms with Crippen molar-refractivity contribution in [2.24, 2.45) is 0 Å². The lowest BCUT2D eigenvalue weighted by Gasteiger charge is -2.38. The first-order valence-electron chi connectivity index (χ1n) is 7.07. The molecule has 102 valence electrons. The summed E-state index contributed by atoms with van der Waals surface area (Å²) in [5.74, 6) is 0.999. The second kappa shape index (κ2) is 6.81. The summed E-state index contributed by atoms with van der Waals surface area (Å²) in [5, 5.41) is 3.40. The molecule has 18 heavy (non-hydrogen) atoms. The van der Waals surface area contributed by atoms with Gasteiger partial charge in [0, 0.05) is 32.4 Å². The summed E-state index contributed by atoms with van der Waals surface area (Å²) in [5.41, 5.74) is 0. The van der Waals surface area contributed by atoms with Gasteiger partial charge in [0.15, 0.2) is 0 Å². The van der Waals surface area contributed by atoms with Crippen LogP contribution in [0.2, 0.25) is 0 Å². The Morgan fingerprint density at radius 1 is 1.28 bits per heavy atom. The molecule has 0 amide bonds. The van der Waals surface area contributed by atoms with E-state index < -0.39 is 0 Å². The molecule has 4 nitrogen and oxygen atoms in total. The minimum absolute atomic E-state index is 0.292. The largest absolute Gasteiger partial charge is 0.494 e. The number of rotatable bonds is 5. The van der Waals surface area contributed by atoms with Gasteiger partial charge >= 0.3 is 0 Å². The molecule has 0 radical (unpaired) electrons. The molecule has 0 bridgehead atoms. The molecule has 2 aliphatic heterocycles. The zero-order valence-corrected chi connectivity index (χ0v) is 11.6. The molecule has 2 aliphatic rings. The maximum atomic E-state index is 5.69. The molecule has 0 aromatic carbocycles. The third-order valence-corrected chi connectivity index (χ3v) is 3.56. The summed E-state index contributed by atoms with van der Waals surface area (Å²) in [6, 6.07) is 0. The number of piperazine rings is 1. The molecule has 0 aromatic rings. The SMILES string of the molecule is CCCOC1=CC(N2CCN(CC)CC2)NC=C1. The van der Waals surface area contributed by atoms with Crippen LogP contribution >= 0.6 is 0 Å². The van der Waals surface area contributed by atoms with Crippen molar-refractivity contribution in [3.8, 4) is 0 Å². The Kier molecular flexibility index (Phi) is 5.08. The lowest BCUT2D eigenvalue weighted by molar-refractivity contribution is 0.104. The van der Waals surface area contributed by atoms with Crippen LogP contribution in [-0.2, 0) is 4.74 Å². The summed E-state index contributed by atoms with van der Waals surface area (Å²) in [4.78, 5) is 4.97. The number of dihydropyridines is 1. The van der Waals surface area contributed by atoms with Crippen molar-refractivity contribution >= 4 is 0 Å². The van der Waals surface area contributed by atoms with Crippen molar-refractivity contribution in [1.29, 1.82) is 0 Å². The number of nitrogens with one attached hydrogen (secondary N) is 1. The van der Waals surface area contributed by atoms with E-state index in [-0.39, 0.29) is 0 Å². The summed E-state index contributed by atoms with van der Waals surface area (Å²) in [6.07, 6.45) is 7.55. The highest BCUT2D eigenvalue weighted by atomic mass is 16.5. The third kappa shape index (κ3) is 3.50. The Labute approximate surface area is 110 Å². The third-order valence-electron chi connectivity index (χ3n) is 3.56. The van der Waals surface area contributed by atoms with Gasteiger partial charge in [-0.2, -0.15) is 0 Å². The van der Waals surface area contributed by atoms with E-state index in [0.717, 1.165) is 51.5 Å². The minimum Gasteiger partial charge on any atom is -0.494 e. The van der Waals surface area contributed by atoms with Crippen molar-refractivity contribution in [2.45, 2.75) is 26.4 Å². The molecule has 1 fully saturated rings. The van der Waals surface area contributed by atoms with Gasteiger partial charge in [0.05, 0.1) is 6.61 Å². The molecule has 0 spiro atoms. The monoisotopic (exact) mass is 251 g/mol. The molecule has 4 heteroatoms. The highest BCUT2D eigenvalue weighted by molar-refractivity contribution is 5.19. The number of nitrogens with zero attached hydrogens (tertiary/aromatic N) is 2. The van der Waals surface area contributed by atoms with Crippen molar-refractivity contribution in [3.63, 3.8) is 0 Å². The Balaban J connectivity index is 1.86. The Morgan fingerprint density at radius 3 is 2.72 bits per heavy atom. The number of likely N-dealkylation sites (N-methyl/N-ethyl adjacent to an activating group) is 1. The van der Waals surface area contributed by atoms with E-state index in [0.29, 0.717) is 6.17 Å². The summed E-state index contributed by atoms with van der Waals surface area (Å²) >= 11 is 0. The first-order valence-corrected chi connectivity index (χ1v) is 7.07. The maximum Gasteiger partial charge on any atom is 0.120 e. The quantitative estimate of drug-likeness (QED) is 0.799. The molecule has 1 N–H and O–H groups in total. The molecule has 1 unspecified atom stereocenters. The van der Waals surface area contributed by atoms with Crippen molar-refractivity contribution in [2.75, 3.05) is 39.3 Å². The van der Waals surface area contributed by atoms with Gasteiger partial charge in [-0.3, -0.25) is 4.90 Å². The lowest BCUT2D eigenvalue weighted by Crippen LogP contribution is -2.53. The Hall–Kier alpha value is -1.00. The minimum atomic E-state index is 0.292. The Bertz CT molecular complexity index is 306. The molecule has 1 saturated heterocycles. The molecule has 1 atom stereocenters. The molecular formula is C14H25N3O. The van der Waals surface area contributed by atoms with E-state index in [1.807, 2.05) is 12.3 Å². The van der Waals surface area contributed by atoms with Crippen LogP contribution in [0, 0.1) is 0 Å². The average Bonchev–Trinajstić information content (AvgIpc) is 2.45. The van der Waals surface area contributed by atoms with Crippen molar-refractivity contribution in [1.82, 2.24) is 15.1 Å². The van der Waals surface area contributed by atoms with E-state index in [1.165, 1.54) is 0 Å². The second-order valence-corrected chi connectivity index (χ2v) is 4.83. The first-order chi connectivity index (χ1) is 8.83. The van der Waals surface area contributed by atoms with Crippen LogP contribution in [-0.4, -0.2) is 55.3 Å². The maximum absolute atomic E-state index is 5.69. The Morgan fingerprint density at radius 2 is 2.06 bits per heavy atom. The van der Waals surface area contributed by atoms with E-state index >= 15 is 0 Å². The van der Waals surface area contributed by atoms with Gasteiger partial charge in [0.25, 0.3) is 0 Å². The van der Waals surface area contributed by atoms with E-state index in [4.69, 9.17) is 4.74 Å². The molecule has 2 rings (SSSR count). The van der Waals surface area contributed by atoms with Gasteiger partial charge in [-0.15, -0.1) is 0 Å². The molecular weight excluding hydrogens is 226 g/mol. The molecule has 0 saturated carbocycles. The van der Waals surface area contributed by atoms with Crippen molar-refractivity contribution in [3.05, 3.63) is 24.1 Å². The fourth-order valence-corrected chi connectivity index (χ4v) is 2.37. The van der Waals surface area contributed by atoms with Gasteiger partial charge < -0.3 is 15.0 Å². The van der Waals surface area contributed by atoms with Crippen molar-refractivity contribution < 1.29 is 4.74 Å². The van der Waals surface area contributed by atoms with Crippen LogP contribution in [0.1, 0.15) is 20.3 Å². The summed E-state index contributed by atoms with van der Waals surface area (Å²) < 4.78 is 5.69. The normalized spacial score (nSPS) is 25.7. The smallest absolute Gasteiger partial charge is 0.120 e. The predicted octanol–water partition coefficient (Wildman–Crippen LogP) is 1.38. The summed E-state index contributed by atoms with van der Waals surface area (Å²) in [7, 11) is 0. The second-order valence-electron chi connectivity index (χ2n) is 4.83. The molecule has 0 aromatic heterocycles. The van der Waals surface area contributed by atoms with E-state index in [1.54, 1.807) is 0 Å². The first kappa shape index (κ1) is 13.4. The van der Waals surface area contributed by atoms with Crippen LogP contribution in [0.3, 0.4) is 0 Å². The van der Waals surface area contributed by atoms with Crippen LogP contribution in [0.15, 0.2) is 24.1 Å². The highest BCUT2D eigenvalue weighted by Gasteiger charge is 2.22. The van der Waals surface area contributed by atoms with Crippen LogP contribution in [0.25, 0.3) is 0 Å². The highest BCUT2D eigenvalue weighted by Crippen LogP contribution is 2.12. The molecule has 2 heterocycles. The predicted molar refractivity (Wildman–Crippen MR) is 74.1 cm³/mol. The van der Waals surface area contributed by atoms with Crippen LogP contribution < -0.4 is 5.32 Å². The molecule has 0 aliphatic carbocycles. The fourth-order valence-electron chi connectivity index (χ4n) is 2.37. The lowest BCUT2D eigenvalue weighted by atomic mass is 10.2. The number of hydrogen-bond donors (Lipinski definition) is 1. The van der Waals surface area contributed by atoms with Gasteiger partial charge in [-0.25, -0.2) is 0 Å². The fraction of sp³-hybridized carbons (Fsp3) is 0.714. The number of ether oxygens (including phenoxy) is 1. The topological polar surface area (TPSA) is 27.7 Å². The average molecular weight is 251 g/mol. The van der Waals surface area contributed by atoms with Gasteiger partial charge in [-0.05, 0) is 25.1 Å². The van der Waals surface area contributed by atoms with Gasteiger partial charge in [0.1, 0.15) is 11.9 Å². The zero-order chi connectivity index (χ0) is 12.8.